The Labute approximate surface area is 143 Å². The molecule has 2 amide bonds. The number of urea groups is 1. The fourth-order valence-corrected chi connectivity index (χ4v) is 3.63. The lowest BCUT2D eigenvalue weighted by Crippen LogP contribution is -2.50. The minimum Gasteiger partial charge on any atom is -0.393 e. The van der Waals surface area contributed by atoms with Gasteiger partial charge in [0.2, 0.25) is 0 Å². The molecule has 5 heteroatoms. The van der Waals surface area contributed by atoms with Crippen LogP contribution in [-0.4, -0.2) is 35.9 Å². The summed E-state index contributed by atoms with van der Waals surface area (Å²) in [5, 5.41) is 15.7. The van der Waals surface area contributed by atoms with Gasteiger partial charge in [-0.25, -0.2) is 4.79 Å². The van der Waals surface area contributed by atoms with Crippen molar-refractivity contribution in [3.63, 3.8) is 0 Å². The van der Waals surface area contributed by atoms with E-state index in [1.165, 1.54) is 5.56 Å². The molecule has 5 nitrogen and oxygen atoms in total. The number of aliphatic hydroxyl groups excluding tert-OH is 1. The first kappa shape index (κ1) is 17.2. The zero-order valence-corrected chi connectivity index (χ0v) is 14.3. The number of benzene rings is 1. The molecule has 1 aliphatic heterocycles. The van der Waals surface area contributed by atoms with E-state index in [1.54, 1.807) is 0 Å². The van der Waals surface area contributed by atoms with Gasteiger partial charge in [0.05, 0.1) is 12.1 Å². The van der Waals surface area contributed by atoms with Crippen LogP contribution in [-0.2, 0) is 4.74 Å². The van der Waals surface area contributed by atoms with Crippen molar-refractivity contribution in [2.24, 2.45) is 0 Å². The number of rotatable bonds is 3. The highest BCUT2D eigenvalue weighted by molar-refractivity contribution is 5.74. The van der Waals surface area contributed by atoms with Gasteiger partial charge < -0.3 is 20.5 Å². The molecule has 3 N–H and O–H groups in total. The van der Waals surface area contributed by atoms with Crippen LogP contribution in [0.4, 0.5) is 4.79 Å². The van der Waals surface area contributed by atoms with Gasteiger partial charge in [-0.3, -0.25) is 0 Å². The predicted octanol–water partition coefficient (Wildman–Crippen LogP) is 2.82. The second-order valence-corrected chi connectivity index (χ2v) is 7.07. The van der Waals surface area contributed by atoms with E-state index >= 15 is 0 Å². The van der Waals surface area contributed by atoms with Crippen LogP contribution in [0.2, 0.25) is 0 Å². The van der Waals surface area contributed by atoms with Gasteiger partial charge in [0.1, 0.15) is 6.10 Å². The van der Waals surface area contributed by atoms with Crippen LogP contribution in [0.5, 0.6) is 0 Å². The molecule has 0 aromatic heterocycles. The van der Waals surface area contributed by atoms with Crippen molar-refractivity contribution in [1.82, 2.24) is 10.6 Å². The summed E-state index contributed by atoms with van der Waals surface area (Å²) in [4.78, 5) is 12.4. The third kappa shape index (κ3) is 4.48. The van der Waals surface area contributed by atoms with Crippen LogP contribution >= 0.6 is 0 Å². The predicted molar refractivity (Wildman–Crippen MR) is 92.8 cm³/mol. The zero-order chi connectivity index (χ0) is 16.9. The Morgan fingerprint density at radius 1 is 1.08 bits per heavy atom. The average Bonchev–Trinajstić information content (AvgIpc) is 2.58. The Bertz CT molecular complexity index is 538. The summed E-state index contributed by atoms with van der Waals surface area (Å²) >= 11 is 0. The molecule has 1 aliphatic carbocycles. The Kier molecular flexibility index (Phi) is 5.74. The number of aryl methyl sites for hydroxylation is 1. The largest absolute Gasteiger partial charge is 0.393 e. The van der Waals surface area contributed by atoms with Crippen molar-refractivity contribution in [1.29, 1.82) is 0 Å². The summed E-state index contributed by atoms with van der Waals surface area (Å²) in [6.07, 6.45) is 4.82. The molecule has 1 aromatic carbocycles. The highest BCUT2D eigenvalue weighted by Gasteiger charge is 2.29. The molecule has 2 atom stereocenters. The molecule has 1 saturated carbocycles. The molecular formula is C19H28N2O3. The van der Waals surface area contributed by atoms with Crippen LogP contribution in [0.1, 0.15) is 55.8 Å². The van der Waals surface area contributed by atoms with E-state index in [2.05, 4.69) is 41.8 Å². The SMILES string of the molecule is Cc1ccc([C@@H]2OCCC[C@H]2NC(=O)NC2CCC(O)CC2)cc1. The third-order valence-electron chi connectivity index (χ3n) is 5.08. The lowest BCUT2D eigenvalue weighted by molar-refractivity contribution is -0.00760. The molecule has 1 heterocycles. The van der Waals surface area contributed by atoms with Crippen molar-refractivity contribution in [2.45, 2.75) is 69.7 Å². The van der Waals surface area contributed by atoms with Gasteiger partial charge in [-0.1, -0.05) is 29.8 Å². The smallest absolute Gasteiger partial charge is 0.315 e. The highest BCUT2D eigenvalue weighted by atomic mass is 16.5. The summed E-state index contributed by atoms with van der Waals surface area (Å²) in [7, 11) is 0. The minimum atomic E-state index is -0.205. The molecule has 1 aromatic rings. The van der Waals surface area contributed by atoms with Gasteiger partial charge in [0.15, 0.2) is 0 Å². The standard InChI is InChI=1S/C19H28N2O3/c1-13-4-6-14(7-5-13)18-17(3-2-12-24-18)21-19(23)20-15-8-10-16(22)11-9-15/h4-7,15-18,22H,2-3,8-12H2,1H3,(H2,20,21,23)/t15?,16?,17-,18+/m1/s1. The number of carbonyl (C=O) groups excluding carboxylic acids is 1. The van der Waals surface area contributed by atoms with Gasteiger partial charge in [-0.05, 0) is 51.0 Å². The Hall–Kier alpha value is -1.59. The van der Waals surface area contributed by atoms with Crippen LogP contribution in [0.25, 0.3) is 0 Å². The first-order valence-corrected chi connectivity index (χ1v) is 9.05. The quantitative estimate of drug-likeness (QED) is 0.797. The molecule has 0 bridgehead atoms. The number of amides is 2. The van der Waals surface area contributed by atoms with Crippen molar-refractivity contribution in [2.75, 3.05) is 6.61 Å². The number of ether oxygens (including phenoxy) is 1. The molecule has 2 fully saturated rings. The van der Waals surface area contributed by atoms with E-state index in [-0.39, 0.29) is 30.3 Å². The van der Waals surface area contributed by atoms with Crippen LogP contribution in [0.3, 0.4) is 0 Å². The number of aliphatic hydroxyl groups is 1. The van der Waals surface area contributed by atoms with Gasteiger partial charge in [-0.15, -0.1) is 0 Å². The molecule has 132 valence electrons. The molecule has 2 aliphatic rings. The van der Waals surface area contributed by atoms with E-state index in [9.17, 15) is 9.90 Å². The molecule has 0 spiro atoms. The fraction of sp³-hybridized carbons (Fsp3) is 0.632. The van der Waals surface area contributed by atoms with Gasteiger partial charge >= 0.3 is 6.03 Å². The highest BCUT2D eigenvalue weighted by Crippen LogP contribution is 2.28. The third-order valence-corrected chi connectivity index (χ3v) is 5.08. The summed E-state index contributed by atoms with van der Waals surface area (Å²) in [5.41, 5.74) is 2.34. The lowest BCUT2D eigenvalue weighted by atomic mass is 9.93. The molecule has 1 saturated heterocycles. The van der Waals surface area contributed by atoms with Gasteiger partial charge in [-0.2, -0.15) is 0 Å². The summed E-state index contributed by atoms with van der Waals surface area (Å²) in [6, 6.07) is 8.37. The number of carbonyl (C=O) groups is 1. The first-order valence-electron chi connectivity index (χ1n) is 9.05. The normalized spacial score (nSPS) is 30.6. The summed E-state index contributed by atoms with van der Waals surface area (Å²) < 4.78 is 5.95. The minimum absolute atomic E-state index is 0.00404. The molecule has 0 unspecified atom stereocenters. The molecule has 3 rings (SSSR count). The maximum atomic E-state index is 12.4. The van der Waals surface area contributed by atoms with Crippen molar-refractivity contribution in [3.8, 4) is 0 Å². The number of nitrogens with one attached hydrogen (secondary N) is 2. The second-order valence-electron chi connectivity index (χ2n) is 7.07. The van der Waals surface area contributed by atoms with Crippen LogP contribution in [0.15, 0.2) is 24.3 Å². The van der Waals surface area contributed by atoms with Gasteiger partial charge in [0.25, 0.3) is 0 Å². The first-order chi connectivity index (χ1) is 11.6. The average molecular weight is 332 g/mol. The van der Waals surface area contributed by atoms with E-state index < -0.39 is 0 Å². The Morgan fingerprint density at radius 2 is 1.79 bits per heavy atom. The Balaban J connectivity index is 1.57. The second kappa shape index (κ2) is 7.99. The van der Waals surface area contributed by atoms with Gasteiger partial charge in [0, 0.05) is 12.6 Å². The summed E-state index contributed by atoms with van der Waals surface area (Å²) in [6.45, 7) is 2.80. The zero-order valence-electron chi connectivity index (χ0n) is 14.3. The maximum absolute atomic E-state index is 12.4. The van der Waals surface area contributed by atoms with E-state index in [4.69, 9.17) is 4.74 Å². The topological polar surface area (TPSA) is 70.6 Å². The Morgan fingerprint density at radius 3 is 2.50 bits per heavy atom. The summed E-state index contributed by atoms with van der Waals surface area (Å²) in [5.74, 6) is 0. The molecule has 0 radical (unpaired) electrons. The maximum Gasteiger partial charge on any atom is 0.315 e. The molecular weight excluding hydrogens is 304 g/mol. The fourth-order valence-electron chi connectivity index (χ4n) is 3.63. The number of hydrogen-bond donors (Lipinski definition) is 3. The van der Waals surface area contributed by atoms with Crippen molar-refractivity contribution in [3.05, 3.63) is 35.4 Å². The lowest BCUT2D eigenvalue weighted by Gasteiger charge is -2.34. The van der Waals surface area contributed by atoms with Crippen LogP contribution < -0.4 is 10.6 Å². The monoisotopic (exact) mass is 332 g/mol. The van der Waals surface area contributed by atoms with E-state index in [1.807, 2.05) is 0 Å². The number of hydrogen-bond acceptors (Lipinski definition) is 3. The van der Waals surface area contributed by atoms with Crippen LogP contribution in [0, 0.1) is 6.92 Å². The van der Waals surface area contributed by atoms with Crippen molar-refractivity contribution >= 4 is 6.03 Å². The van der Waals surface area contributed by atoms with E-state index in [0.29, 0.717) is 0 Å². The van der Waals surface area contributed by atoms with E-state index in [0.717, 1.165) is 50.7 Å². The molecule has 24 heavy (non-hydrogen) atoms. The van der Waals surface area contributed by atoms with Crippen molar-refractivity contribution < 1.29 is 14.6 Å².